The first kappa shape index (κ1) is 20.9. The molecule has 0 atom stereocenters. The number of phenols is 1. The molecule has 1 heterocycles. The Labute approximate surface area is 173 Å². The van der Waals surface area contributed by atoms with Gasteiger partial charge in [-0.1, -0.05) is 26.0 Å². The molecule has 1 aliphatic heterocycles. The molecule has 0 saturated carbocycles. The highest BCUT2D eigenvalue weighted by Crippen LogP contribution is 2.40. The number of benzene rings is 2. The fraction of sp³-hybridized carbons (Fsp3) is 0.375. The van der Waals surface area contributed by atoms with Gasteiger partial charge in [0.2, 0.25) is 5.78 Å². The Bertz CT molecular complexity index is 895. The third kappa shape index (κ3) is 4.62. The molecule has 0 unspecified atom stereocenters. The van der Waals surface area contributed by atoms with E-state index >= 15 is 0 Å². The van der Waals surface area contributed by atoms with Crippen molar-refractivity contribution in [1.29, 1.82) is 0 Å². The molecule has 2 aromatic carbocycles. The lowest BCUT2D eigenvalue weighted by molar-refractivity contribution is 0.101. The van der Waals surface area contributed by atoms with E-state index in [-0.39, 0.29) is 11.5 Å². The molecule has 5 nitrogen and oxygen atoms in total. The quantitative estimate of drug-likeness (QED) is 0.658. The van der Waals surface area contributed by atoms with E-state index in [1.54, 1.807) is 18.2 Å². The maximum absolute atomic E-state index is 12.9. The zero-order valence-electron chi connectivity index (χ0n) is 17.7. The summed E-state index contributed by atoms with van der Waals surface area (Å²) in [7, 11) is 3.98. The minimum absolute atomic E-state index is 0.143. The summed E-state index contributed by atoms with van der Waals surface area (Å²) in [4.78, 5) is 17.2. The van der Waals surface area contributed by atoms with E-state index in [1.807, 2.05) is 43.3 Å². The molecule has 0 aliphatic carbocycles. The monoisotopic (exact) mass is 394 g/mol. The van der Waals surface area contributed by atoms with Gasteiger partial charge in [0.15, 0.2) is 5.76 Å². The summed E-state index contributed by atoms with van der Waals surface area (Å²) in [5, 5.41) is 10.5. The Morgan fingerprint density at radius 2 is 1.66 bits per heavy atom. The van der Waals surface area contributed by atoms with Gasteiger partial charge >= 0.3 is 0 Å². The number of carbonyl (C=O) groups is 1. The average Bonchev–Trinajstić information content (AvgIpc) is 3.00. The summed E-state index contributed by atoms with van der Waals surface area (Å²) in [5.74, 6) is 0.811. The normalized spacial score (nSPS) is 14.4. The maximum Gasteiger partial charge on any atom is 0.231 e. The van der Waals surface area contributed by atoms with Crippen LogP contribution in [0, 0.1) is 0 Å². The summed E-state index contributed by atoms with van der Waals surface area (Å²) >= 11 is 0. The highest BCUT2D eigenvalue weighted by atomic mass is 16.5. The van der Waals surface area contributed by atoms with E-state index in [4.69, 9.17) is 4.74 Å². The van der Waals surface area contributed by atoms with Gasteiger partial charge in [0.1, 0.15) is 11.5 Å². The SMILES string of the molecule is CCCN(CCC)Cc1c(O)ccc2c1O/C(=C/c1ccc(N(C)C)cc1)C2=O. The van der Waals surface area contributed by atoms with E-state index in [0.717, 1.165) is 37.2 Å². The number of rotatable bonds is 8. The van der Waals surface area contributed by atoms with E-state index in [9.17, 15) is 9.90 Å². The molecule has 0 spiro atoms. The Kier molecular flexibility index (Phi) is 6.60. The predicted octanol–water partition coefficient (Wildman–Crippen LogP) is 4.70. The summed E-state index contributed by atoms with van der Waals surface area (Å²) in [6, 6.07) is 11.2. The number of nitrogens with zero attached hydrogens (tertiary/aromatic N) is 2. The minimum Gasteiger partial charge on any atom is -0.507 e. The van der Waals surface area contributed by atoms with Gasteiger partial charge in [-0.3, -0.25) is 9.69 Å². The lowest BCUT2D eigenvalue weighted by Gasteiger charge is -2.22. The van der Waals surface area contributed by atoms with Crippen LogP contribution in [0.4, 0.5) is 5.69 Å². The van der Waals surface area contributed by atoms with Gasteiger partial charge in [0.25, 0.3) is 0 Å². The molecule has 0 amide bonds. The average molecular weight is 395 g/mol. The third-order valence-electron chi connectivity index (χ3n) is 5.08. The fourth-order valence-corrected chi connectivity index (χ4v) is 3.60. The summed E-state index contributed by atoms with van der Waals surface area (Å²) in [5.41, 5.74) is 3.19. The number of hydrogen-bond acceptors (Lipinski definition) is 5. The molecule has 1 N–H and O–H groups in total. The van der Waals surface area contributed by atoms with Crippen molar-refractivity contribution in [3.8, 4) is 11.5 Å². The smallest absolute Gasteiger partial charge is 0.231 e. The number of ketones is 1. The molecule has 1 aliphatic rings. The molecule has 29 heavy (non-hydrogen) atoms. The number of allylic oxidation sites excluding steroid dienone is 1. The molecule has 154 valence electrons. The van der Waals surface area contributed by atoms with Crippen molar-refractivity contribution >= 4 is 17.5 Å². The fourth-order valence-electron chi connectivity index (χ4n) is 3.60. The minimum atomic E-state index is -0.143. The second-order valence-corrected chi connectivity index (χ2v) is 7.64. The number of carbonyl (C=O) groups excluding carboxylic acids is 1. The van der Waals surface area contributed by atoms with Crippen LogP contribution < -0.4 is 9.64 Å². The molecule has 3 rings (SSSR count). The predicted molar refractivity (Wildman–Crippen MR) is 118 cm³/mol. The molecule has 0 bridgehead atoms. The van der Waals surface area contributed by atoms with Crippen LogP contribution in [-0.2, 0) is 6.54 Å². The van der Waals surface area contributed by atoms with Crippen molar-refractivity contribution in [2.45, 2.75) is 33.2 Å². The first-order valence-electron chi connectivity index (χ1n) is 10.2. The summed E-state index contributed by atoms with van der Waals surface area (Å²) in [6.45, 7) is 6.72. The number of aromatic hydroxyl groups is 1. The first-order valence-corrected chi connectivity index (χ1v) is 10.2. The largest absolute Gasteiger partial charge is 0.507 e. The Morgan fingerprint density at radius 1 is 1.00 bits per heavy atom. The Hall–Kier alpha value is -2.79. The molecule has 0 saturated heterocycles. The molecule has 0 radical (unpaired) electrons. The lowest BCUT2D eigenvalue weighted by atomic mass is 10.0. The second-order valence-electron chi connectivity index (χ2n) is 7.64. The van der Waals surface area contributed by atoms with E-state index in [1.165, 1.54) is 0 Å². The summed E-state index contributed by atoms with van der Waals surface area (Å²) < 4.78 is 5.98. The highest BCUT2D eigenvalue weighted by molar-refractivity contribution is 6.15. The van der Waals surface area contributed by atoms with Crippen molar-refractivity contribution < 1.29 is 14.6 Å². The van der Waals surface area contributed by atoms with Crippen molar-refractivity contribution in [2.24, 2.45) is 0 Å². The van der Waals surface area contributed by atoms with Gasteiger partial charge in [-0.15, -0.1) is 0 Å². The van der Waals surface area contributed by atoms with Crippen LogP contribution in [0.2, 0.25) is 0 Å². The molecule has 2 aromatic rings. The zero-order valence-corrected chi connectivity index (χ0v) is 17.7. The van der Waals surface area contributed by atoms with E-state index < -0.39 is 0 Å². The first-order chi connectivity index (χ1) is 13.9. The number of phenolic OH excluding ortho intramolecular Hbond substituents is 1. The summed E-state index contributed by atoms with van der Waals surface area (Å²) in [6.07, 6.45) is 3.83. The second kappa shape index (κ2) is 9.14. The van der Waals surface area contributed by atoms with Gasteiger partial charge in [-0.25, -0.2) is 0 Å². The topological polar surface area (TPSA) is 53.0 Å². The van der Waals surface area contributed by atoms with Gasteiger partial charge in [0.05, 0.1) is 11.1 Å². The van der Waals surface area contributed by atoms with Crippen LogP contribution in [0.15, 0.2) is 42.2 Å². The van der Waals surface area contributed by atoms with Gasteiger partial charge < -0.3 is 14.7 Å². The number of ether oxygens (including phenoxy) is 1. The molecule has 0 fully saturated rings. The van der Waals surface area contributed by atoms with E-state index in [2.05, 4.69) is 18.7 Å². The number of Topliss-reactive ketones (excluding diaryl/α,β-unsaturated/α-hetero) is 1. The van der Waals surface area contributed by atoms with Crippen molar-refractivity contribution in [2.75, 3.05) is 32.1 Å². The third-order valence-corrected chi connectivity index (χ3v) is 5.08. The van der Waals surface area contributed by atoms with Crippen LogP contribution in [0.25, 0.3) is 6.08 Å². The zero-order chi connectivity index (χ0) is 21.0. The van der Waals surface area contributed by atoms with Crippen LogP contribution in [0.3, 0.4) is 0 Å². The highest BCUT2D eigenvalue weighted by Gasteiger charge is 2.31. The van der Waals surface area contributed by atoms with Gasteiger partial charge in [0, 0.05) is 26.3 Å². The van der Waals surface area contributed by atoms with Crippen LogP contribution in [0.1, 0.15) is 48.2 Å². The Balaban J connectivity index is 1.89. The van der Waals surface area contributed by atoms with Crippen molar-refractivity contribution in [3.63, 3.8) is 0 Å². The van der Waals surface area contributed by atoms with Crippen LogP contribution >= 0.6 is 0 Å². The van der Waals surface area contributed by atoms with Crippen molar-refractivity contribution in [1.82, 2.24) is 4.90 Å². The molecular formula is C24H30N2O3. The standard InChI is InChI=1S/C24H30N2O3/c1-5-13-26(14-6-2)16-20-21(27)12-11-19-23(28)22(29-24(19)20)15-17-7-9-18(10-8-17)25(3)4/h7-12,15,27H,5-6,13-14,16H2,1-4H3/b22-15+. The van der Waals surface area contributed by atoms with E-state index in [0.29, 0.717) is 29.2 Å². The van der Waals surface area contributed by atoms with Gasteiger partial charge in [-0.2, -0.15) is 0 Å². The van der Waals surface area contributed by atoms with Crippen LogP contribution in [-0.4, -0.2) is 43.0 Å². The number of hydrogen-bond donors (Lipinski definition) is 1. The van der Waals surface area contributed by atoms with Crippen molar-refractivity contribution in [3.05, 3.63) is 58.8 Å². The lowest BCUT2D eigenvalue weighted by Crippen LogP contribution is -2.25. The Morgan fingerprint density at radius 3 is 2.24 bits per heavy atom. The van der Waals surface area contributed by atoms with Crippen LogP contribution in [0.5, 0.6) is 11.5 Å². The molecule has 5 heteroatoms. The maximum atomic E-state index is 12.9. The number of fused-ring (bicyclic) bond motifs is 1. The molecular weight excluding hydrogens is 364 g/mol. The van der Waals surface area contributed by atoms with Gasteiger partial charge in [-0.05, 0) is 61.8 Å². The number of anilines is 1. The molecule has 0 aromatic heterocycles.